The van der Waals surface area contributed by atoms with Crippen LogP contribution in [0.3, 0.4) is 0 Å². The van der Waals surface area contributed by atoms with Crippen molar-refractivity contribution in [2.45, 2.75) is 13.8 Å². The summed E-state index contributed by atoms with van der Waals surface area (Å²) in [6.45, 7) is 2.85. The van der Waals surface area contributed by atoms with Crippen LogP contribution in [0.4, 0.5) is 5.69 Å². The van der Waals surface area contributed by atoms with E-state index in [2.05, 4.69) is 10.3 Å². The lowest BCUT2D eigenvalue weighted by atomic mass is 10.1. The first-order valence-electron chi connectivity index (χ1n) is 6.17. The highest BCUT2D eigenvalue weighted by molar-refractivity contribution is 6.36. The Balaban J connectivity index is 2.42. The van der Waals surface area contributed by atoms with Crippen molar-refractivity contribution in [3.63, 3.8) is 0 Å². The quantitative estimate of drug-likeness (QED) is 0.853. The molecular formula is C15H13ClN2O3. The molecule has 108 valence electrons. The van der Waals surface area contributed by atoms with Crippen molar-refractivity contribution in [1.29, 1.82) is 0 Å². The van der Waals surface area contributed by atoms with Crippen LogP contribution >= 0.6 is 11.6 Å². The van der Waals surface area contributed by atoms with Gasteiger partial charge in [0.2, 0.25) is 0 Å². The first-order chi connectivity index (χ1) is 9.91. The molecule has 1 aromatic carbocycles. The van der Waals surface area contributed by atoms with Gasteiger partial charge in [-0.05, 0) is 38.1 Å². The van der Waals surface area contributed by atoms with Crippen molar-refractivity contribution in [3.8, 4) is 0 Å². The molecule has 0 spiro atoms. The molecule has 0 radical (unpaired) electrons. The monoisotopic (exact) mass is 304 g/mol. The van der Waals surface area contributed by atoms with E-state index in [1.54, 1.807) is 30.5 Å². The Bertz CT molecular complexity index is 769. The normalized spacial score (nSPS) is 12.0. The molecule has 1 aromatic heterocycles. The van der Waals surface area contributed by atoms with E-state index >= 15 is 0 Å². The summed E-state index contributed by atoms with van der Waals surface area (Å²) in [5, 5.41) is 12.8. The molecule has 0 aliphatic carbocycles. The number of carboxylic acids is 1. The Morgan fingerprint density at radius 3 is 2.57 bits per heavy atom. The number of carboxylic acid groups (broad SMARTS) is 1. The average Bonchev–Trinajstić information content (AvgIpc) is 2.48. The fourth-order valence-electron chi connectivity index (χ4n) is 1.79. The number of carbonyl (C=O) groups excluding carboxylic acids is 1. The molecule has 1 heterocycles. The predicted molar refractivity (Wildman–Crippen MR) is 81.4 cm³/mol. The molecule has 0 fully saturated rings. The number of aliphatic carboxylic acids is 1. The summed E-state index contributed by atoms with van der Waals surface area (Å²) in [6, 6.07) is 6.84. The van der Waals surface area contributed by atoms with E-state index in [1.807, 2.05) is 0 Å². The number of hydrogen-bond donors (Lipinski definition) is 2. The van der Waals surface area contributed by atoms with Crippen LogP contribution in [-0.2, 0) is 9.59 Å². The second kappa shape index (κ2) is 5.93. The predicted octanol–water partition coefficient (Wildman–Crippen LogP) is 3.25. The summed E-state index contributed by atoms with van der Waals surface area (Å²) in [4.78, 5) is 27.2. The number of aromatic nitrogens is 1. The third-order valence-corrected chi connectivity index (χ3v) is 3.52. The number of amides is 1. The SMILES string of the molecule is CC(C(=O)O)=C(C)C(=O)Nc1ccc(Cl)c2cccnc12. The van der Waals surface area contributed by atoms with Gasteiger partial charge in [-0.2, -0.15) is 0 Å². The third-order valence-electron chi connectivity index (χ3n) is 3.19. The summed E-state index contributed by atoms with van der Waals surface area (Å²) in [7, 11) is 0. The number of hydrogen-bond acceptors (Lipinski definition) is 3. The van der Waals surface area contributed by atoms with Gasteiger partial charge in [0.1, 0.15) is 0 Å². The standard InChI is InChI=1S/C15H13ClN2O3/c1-8(9(2)15(20)21)14(19)18-12-6-5-11(16)10-4-3-7-17-13(10)12/h3-7H,1-2H3,(H,18,19)(H,20,21). The van der Waals surface area contributed by atoms with E-state index in [9.17, 15) is 9.59 Å². The number of halogens is 1. The van der Waals surface area contributed by atoms with Crippen LogP contribution in [0.25, 0.3) is 10.9 Å². The molecule has 0 atom stereocenters. The molecule has 6 heteroatoms. The van der Waals surface area contributed by atoms with Crippen LogP contribution in [-0.4, -0.2) is 22.0 Å². The number of pyridine rings is 1. The maximum absolute atomic E-state index is 12.1. The molecule has 2 aromatic rings. The van der Waals surface area contributed by atoms with Crippen molar-refractivity contribution in [2.24, 2.45) is 0 Å². The van der Waals surface area contributed by atoms with E-state index in [-0.39, 0.29) is 11.1 Å². The largest absolute Gasteiger partial charge is 0.478 e. The third kappa shape index (κ3) is 3.03. The Labute approximate surface area is 126 Å². The fraction of sp³-hybridized carbons (Fsp3) is 0.133. The van der Waals surface area contributed by atoms with Crippen molar-refractivity contribution in [1.82, 2.24) is 4.98 Å². The van der Waals surface area contributed by atoms with Gasteiger partial charge in [-0.3, -0.25) is 9.78 Å². The molecule has 0 bridgehead atoms. The van der Waals surface area contributed by atoms with Gasteiger partial charge in [-0.15, -0.1) is 0 Å². The van der Waals surface area contributed by atoms with Gasteiger partial charge in [0.15, 0.2) is 0 Å². The topological polar surface area (TPSA) is 79.3 Å². The Kier molecular flexibility index (Phi) is 4.23. The first-order valence-corrected chi connectivity index (χ1v) is 6.55. The second-order valence-electron chi connectivity index (χ2n) is 4.50. The molecule has 0 aliphatic rings. The molecule has 5 nitrogen and oxygen atoms in total. The van der Waals surface area contributed by atoms with E-state index in [1.165, 1.54) is 13.8 Å². The maximum atomic E-state index is 12.1. The smallest absolute Gasteiger partial charge is 0.331 e. The minimum Gasteiger partial charge on any atom is -0.478 e. The molecule has 0 unspecified atom stereocenters. The Morgan fingerprint density at radius 1 is 1.19 bits per heavy atom. The summed E-state index contributed by atoms with van der Waals surface area (Å²) < 4.78 is 0. The van der Waals surface area contributed by atoms with Gasteiger partial charge in [-0.1, -0.05) is 11.6 Å². The zero-order chi connectivity index (χ0) is 15.6. The number of nitrogens with zero attached hydrogens (tertiary/aromatic N) is 1. The van der Waals surface area contributed by atoms with Crippen LogP contribution in [0.15, 0.2) is 41.6 Å². The highest BCUT2D eigenvalue weighted by Gasteiger charge is 2.14. The molecule has 0 saturated carbocycles. The number of benzene rings is 1. The molecule has 21 heavy (non-hydrogen) atoms. The molecule has 1 amide bonds. The lowest BCUT2D eigenvalue weighted by molar-refractivity contribution is -0.133. The lowest BCUT2D eigenvalue weighted by Crippen LogP contribution is -2.16. The van der Waals surface area contributed by atoms with Crippen molar-refractivity contribution in [3.05, 3.63) is 46.6 Å². The number of anilines is 1. The lowest BCUT2D eigenvalue weighted by Gasteiger charge is -2.10. The van der Waals surface area contributed by atoms with Crippen LogP contribution in [0, 0.1) is 0 Å². The van der Waals surface area contributed by atoms with Gasteiger partial charge < -0.3 is 10.4 Å². The van der Waals surface area contributed by atoms with Gasteiger partial charge in [0, 0.05) is 22.7 Å². The van der Waals surface area contributed by atoms with E-state index in [4.69, 9.17) is 16.7 Å². The van der Waals surface area contributed by atoms with Gasteiger partial charge in [-0.25, -0.2) is 4.79 Å². The van der Waals surface area contributed by atoms with Crippen molar-refractivity contribution < 1.29 is 14.7 Å². The van der Waals surface area contributed by atoms with Crippen LogP contribution in [0.1, 0.15) is 13.8 Å². The van der Waals surface area contributed by atoms with Crippen molar-refractivity contribution >= 4 is 40.1 Å². The number of nitrogens with one attached hydrogen (secondary N) is 1. The maximum Gasteiger partial charge on any atom is 0.331 e. The van der Waals surface area contributed by atoms with E-state index in [0.29, 0.717) is 21.6 Å². The highest BCUT2D eigenvalue weighted by Crippen LogP contribution is 2.28. The summed E-state index contributed by atoms with van der Waals surface area (Å²) in [6.07, 6.45) is 1.60. The Morgan fingerprint density at radius 2 is 1.90 bits per heavy atom. The highest BCUT2D eigenvalue weighted by atomic mass is 35.5. The summed E-state index contributed by atoms with van der Waals surface area (Å²) >= 11 is 6.08. The summed E-state index contributed by atoms with van der Waals surface area (Å²) in [5.41, 5.74) is 1.18. The van der Waals surface area contributed by atoms with Gasteiger partial charge in [0.05, 0.1) is 16.2 Å². The molecule has 0 saturated heterocycles. The summed E-state index contributed by atoms with van der Waals surface area (Å²) in [5.74, 6) is -1.61. The number of carbonyl (C=O) groups is 2. The van der Waals surface area contributed by atoms with Crippen LogP contribution in [0.5, 0.6) is 0 Å². The molecular weight excluding hydrogens is 292 g/mol. The first kappa shape index (κ1) is 15.0. The van der Waals surface area contributed by atoms with E-state index < -0.39 is 11.9 Å². The minimum atomic E-state index is -1.12. The number of rotatable bonds is 3. The Hall–Kier alpha value is -2.40. The average molecular weight is 305 g/mol. The molecule has 0 aliphatic heterocycles. The number of fused-ring (bicyclic) bond motifs is 1. The van der Waals surface area contributed by atoms with Crippen molar-refractivity contribution in [2.75, 3.05) is 5.32 Å². The van der Waals surface area contributed by atoms with Crippen LogP contribution < -0.4 is 5.32 Å². The van der Waals surface area contributed by atoms with Crippen LogP contribution in [0.2, 0.25) is 5.02 Å². The minimum absolute atomic E-state index is 0.00118. The zero-order valence-corrected chi connectivity index (χ0v) is 12.2. The molecule has 2 N–H and O–H groups in total. The van der Waals surface area contributed by atoms with Gasteiger partial charge >= 0.3 is 5.97 Å². The zero-order valence-electron chi connectivity index (χ0n) is 11.5. The van der Waals surface area contributed by atoms with E-state index in [0.717, 1.165) is 0 Å². The fourth-order valence-corrected chi connectivity index (χ4v) is 2.00. The second-order valence-corrected chi connectivity index (χ2v) is 4.91. The molecule has 2 rings (SSSR count). The van der Waals surface area contributed by atoms with Gasteiger partial charge in [0.25, 0.3) is 5.91 Å².